The molecule has 1 atom stereocenters. The van der Waals surface area contributed by atoms with Crippen molar-refractivity contribution in [2.45, 2.75) is 51.0 Å². The molecule has 4 aliphatic rings. The fourth-order valence-electron chi connectivity index (χ4n) is 5.13. The molecule has 4 fully saturated rings. The fourth-order valence-corrected chi connectivity index (χ4v) is 5.13. The van der Waals surface area contributed by atoms with Gasteiger partial charge >= 0.3 is 0 Å². The standard InChI is InChI=1S/C16H24N2O/c1-2-3-14(17)15(19)18-10-16-7-11-4-12(8-16)6-13(5-11)9-16/h1,11-14H,3-10,17H2,(H,18,19). The smallest absolute Gasteiger partial charge is 0.237 e. The van der Waals surface area contributed by atoms with Gasteiger partial charge < -0.3 is 11.1 Å². The van der Waals surface area contributed by atoms with Gasteiger partial charge in [-0.05, 0) is 61.7 Å². The molecule has 0 aromatic rings. The van der Waals surface area contributed by atoms with Crippen molar-refractivity contribution in [2.24, 2.45) is 28.9 Å². The van der Waals surface area contributed by atoms with Gasteiger partial charge in [-0.15, -0.1) is 12.3 Å². The highest BCUT2D eigenvalue weighted by Crippen LogP contribution is 2.59. The zero-order valence-electron chi connectivity index (χ0n) is 11.5. The van der Waals surface area contributed by atoms with Crippen molar-refractivity contribution < 1.29 is 4.79 Å². The van der Waals surface area contributed by atoms with Gasteiger partial charge in [0.1, 0.15) is 0 Å². The van der Waals surface area contributed by atoms with E-state index in [4.69, 9.17) is 12.2 Å². The molecular formula is C16H24N2O. The maximum atomic E-state index is 11.9. The maximum Gasteiger partial charge on any atom is 0.237 e. The van der Waals surface area contributed by atoms with Crippen molar-refractivity contribution in [2.75, 3.05) is 6.54 Å². The molecule has 19 heavy (non-hydrogen) atoms. The first kappa shape index (κ1) is 13.0. The number of amides is 1. The highest BCUT2D eigenvalue weighted by Gasteiger charge is 2.50. The van der Waals surface area contributed by atoms with Gasteiger partial charge in [0.15, 0.2) is 0 Å². The second kappa shape index (κ2) is 4.83. The summed E-state index contributed by atoms with van der Waals surface area (Å²) in [6.45, 7) is 0.813. The Morgan fingerprint density at radius 1 is 1.26 bits per heavy atom. The van der Waals surface area contributed by atoms with Gasteiger partial charge in [-0.2, -0.15) is 0 Å². The van der Waals surface area contributed by atoms with Crippen molar-refractivity contribution in [3.63, 3.8) is 0 Å². The summed E-state index contributed by atoms with van der Waals surface area (Å²) in [5.41, 5.74) is 6.13. The van der Waals surface area contributed by atoms with Gasteiger partial charge in [0.2, 0.25) is 5.91 Å². The number of nitrogens with two attached hydrogens (primary N) is 1. The lowest BCUT2D eigenvalue weighted by molar-refractivity contribution is -0.124. The van der Waals surface area contributed by atoms with E-state index in [-0.39, 0.29) is 5.91 Å². The highest BCUT2D eigenvalue weighted by atomic mass is 16.2. The fraction of sp³-hybridized carbons (Fsp3) is 0.812. The first-order valence-corrected chi connectivity index (χ1v) is 7.57. The van der Waals surface area contributed by atoms with E-state index < -0.39 is 6.04 Å². The Kier molecular flexibility index (Phi) is 3.30. The molecule has 3 nitrogen and oxygen atoms in total. The molecule has 0 radical (unpaired) electrons. The Morgan fingerprint density at radius 3 is 2.26 bits per heavy atom. The van der Waals surface area contributed by atoms with Crippen molar-refractivity contribution in [1.29, 1.82) is 0 Å². The summed E-state index contributed by atoms with van der Waals surface area (Å²) in [4.78, 5) is 11.9. The van der Waals surface area contributed by atoms with Gasteiger partial charge in [-0.3, -0.25) is 4.79 Å². The summed E-state index contributed by atoms with van der Waals surface area (Å²) in [6, 6.07) is -0.543. The van der Waals surface area contributed by atoms with Crippen LogP contribution in [0.5, 0.6) is 0 Å². The average molecular weight is 260 g/mol. The van der Waals surface area contributed by atoms with Crippen molar-refractivity contribution in [3.8, 4) is 12.3 Å². The molecule has 4 rings (SSSR count). The van der Waals surface area contributed by atoms with E-state index in [1.165, 1.54) is 38.5 Å². The van der Waals surface area contributed by atoms with E-state index >= 15 is 0 Å². The summed E-state index contributed by atoms with van der Waals surface area (Å²) in [5, 5.41) is 3.06. The molecule has 4 saturated carbocycles. The van der Waals surface area contributed by atoms with E-state index in [9.17, 15) is 4.79 Å². The normalized spacial score (nSPS) is 40.7. The number of hydrogen-bond acceptors (Lipinski definition) is 2. The number of nitrogens with one attached hydrogen (secondary N) is 1. The van der Waals surface area contributed by atoms with Crippen LogP contribution in [0.15, 0.2) is 0 Å². The second-order valence-electron chi connectivity index (χ2n) is 7.15. The molecule has 0 aliphatic heterocycles. The van der Waals surface area contributed by atoms with Crippen LogP contribution in [0, 0.1) is 35.5 Å². The summed E-state index contributed by atoms with van der Waals surface area (Å²) >= 11 is 0. The van der Waals surface area contributed by atoms with Gasteiger partial charge in [-0.1, -0.05) is 0 Å². The molecule has 1 amide bonds. The topological polar surface area (TPSA) is 55.1 Å². The predicted octanol–water partition coefficient (Wildman–Crippen LogP) is 1.67. The van der Waals surface area contributed by atoms with Crippen LogP contribution in [0.3, 0.4) is 0 Å². The first-order valence-electron chi connectivity index (χ1n) is 7.57. The Labute approximate surface area is 115 Å². The van der Waals surface area contributed by atoms with Crippen molar-refractivity contribution in [1.82, 2.24) is 5.32 Å². The number of terminal acetylenes is 1. The Balaban J connectivity index is 1.58. The Bertz CT molecular complexity index is 374. The summed E-state index contributed by atoms with van der Waals surface area (Å²) < 4.78 is 0. The number of hydrogen-bond donors (Lipinski definition) is 2. The minimum Gasteiger partial charge on any atom is -0.354 e. The zero-order chi connectivity index (χ0) is 13.5. The molecule has 0 aromatic carbocycles. The zero-order valence-corrected chi connectivity index (χ0v) is 11.5. The molecule has 3 heteroatoms. The van der Waals surface area contributed by atoms with Crippen LogP contribution in [0.4, 0.5) is 0 Å². The SMILES string of the molecule is C#CCC(N)C(=O)NCC12CC3CC(CC(C3)C1)C2. The highest BCUT2D eigenvalue weighted by molar-refractivity contribution is 5.81. The van der Waals surface area contributed by atoms with Crippen molar-refractivity contribution in [3.05, 3.63) is 0 Å². The van der Waals surface area contributed by atoms with E-state index in [0.717, 1.165) is 24.3 Å². The minimum absolute atomic E-state index is 0.0753. The van der Waals surface area contributed by atoms with E-state index in [1.807, 2.05) is 0 Å². The lowest BCUT2D eigenvalue weighted by atomic mass is 9.49. The van der Waals surface area contributed by atoms with Crippen LogP contribution in [0.2, 0.25) is 0 Å². The monoisotopic (exact) mass is 260 g/mol. The molecule has 4 bridgehead atoms. The van der Waals surface area contributed by atoms with Gasteiger partial charge in [0, 0.05) is 13.0 Å². The lowest BCUT2D eigenvalue weighted by Crippen LogP contribution is -2.52. The molecule has 4 aliphatic carbocycles. The second-order valence-corrected chi connectivity index (χ2v) is 7.15. The molecule has 0 saturated heterocycles. The van der Waals surface area contributed by atoms with Crippen LogP contribution < -0.4 is 11.1 Å². The predicted molar refractivity (Wildman–Crippen MR) is 75.0 cm³/mol. The van der Waals surface area contributed by atoms with Gasteiger partial charge in [-0.25, -0.2) is 0 Å². The van der Waals surface area contributed by atoms with E-state index in [2.05, 4.69) is 11.2 Å². The number of rotatable bonds is 4. The Hall–Kier alpha value is -1.01. The number of carbonyl (C=O) groups is 1. The maximum absolute atomic E-state index is 11.9. The van der Waals surface area contributed by atoms with Crippen LogP contribution in [0.25, 0.3) is 0 Å². The summed E-state index contributed by atoms with van der Waals surface area (Å²) in [7, 11) is 0. The molecule has 3 N–H and O–H groups in total. The van der Waals surface area contributed by atoms with Crippen LogP contribution in [-0.2, 0) is 4.79 Å². The third-order valence-electron chi connectivity index (χ3n) is 5.48. The molecule has 0 spiro atoms. The molecule has 1 unspecified atom stereocenters. The average Bonchev–Trinajstić information content (AvgIpc) is 2.34. The van der Waals surface area contributed by atoms with E-state index in [0.29, 0.717) is 11.8 Å². The summed E-state index contributed by atoms with van der Waals surface area (Å²) in [6.07, 6.45) is 13.8. The largest absolute Gasteiger partial charge is 0.354 e. The summed E-state index contributed by atoms with van der Waals surface area (Å²) in [5.74, 6) is 5.14. The van der Waals surface area contributed by atoms with E-state index in [1.54, 1.807) is 0 Å². The molecule has 104 valence electrons. The molecular weight excluding hydrogens is 236 g/mol. The quantitative estimate of drug-likeness (QED) is 0.755. The third kappa shape index (κ3) is 2.51. The van der Waals surface area contributed by atoms with Crippen LogP contribution in [-0.4, -0.2) is 18.5 Å². The molecule has 0 heterocycles. The first-order chi connectivity index (χ1) is 9.10. The van der Waals surface area contributed by atoms with Crippen molar-refractivity contribution >= 4 is 5.91 Å². The van der Waals surface area contributed by atoms with Gasteiger partial charge in [0.25, 0.3) is 0 Å². The Morgan fingerprint density at radius 2 is 1.79 bits per heavy atom. The van der Waals surface area contributed by atoms with Crippen LogP contribution >= 0.6 is 0 Å². The van der Waals surface area contributed by atoms with Crippen LogP contribution in [0.1, 0.15) is 44.9 Å². The number of carbonyl (C=O) groups excluding carboxylic acids is 1. The third-order valence-corrected chi connectivity index (χ3v) is 5.48. The lowest BCUT2D eigenvalue weighted by Gasteiger charge is -2.57. The molecule has 0 aromatic heterocycles. The van der Waals surface area contributed by atoms with Gasteiger partial charge in [0.05, 0.1) is 6.04 Å². The minimum atomic E-state index is -0.543.